The van der Waals surface area contributed by atoms with Crippen molar-refractivity contribution in [1.82, 2.24) is 4.90 Å². The van der Waals surface area contributed by atoms with Gasteiger partial charge in [0.15, 0.2) is 0 Å². The van der Waals surface area contributed by atoms with Gasteiger partial charge in [-0.05, 0) is 72.4 Å². The van der Waals surface area contributed by atoms with Gasteiger partial charge in [-0.2, -0.15) is 0 Å². The minimum Gasteiger partial charge on any atom is -0.493 e. The van der Waals surface area contributed by atoms with E-state index in [1.807, 2.05) is 26.0 Å². The molecule has 3 rings (SSSR count). The summed E-state index contributed by atoms with van der Waals surface area (Å²) in [4.78, 5) is 27.2. The Balaban J connectivity index is 1.83. The average Bonchev–Trinajstić information content (AvgIpc) is 2.94. The second-order valence-electron chi connectivity index (χ2n) is 6.98. The summed E-state index contributed by atoms with van der Waals surface area (Å²) in [5, 5.41) is -0.176. The van der Waals surface area contributed by atoms with Crippen LogP contribution in [0.2, 0.25) is 0 Å². The molecule has 1 saturated heterocycles. The standard InChI is InChI=1S/C21H26BrNO4S/c1-3-26-17-12-18(27-4-2)16(22)10-15(17)11-19-20(24)23(21(25)28-19)13-14-8-6-5-7-9-14/h10-12,14H,3-9,13H2,1-2H3/b19-11+. The van der Waals surface area contributed by atoms with E-state index in [1.54, 1.807) is 6.08 Å². The Kier molecular flexibility index (Phi) is 7.46. The Morgan fingerprint density at radius 1 is 1.11 bits per heavy atom. The first-order valence-electron chi connectivity index (χ1n) is 9.88. The highest BCUT2D eigenvalue weighted by Crippen LogP contribution is 2.39. The monoisotopic (exact) mass is 467 g/mol. The highest BCUT2D eigenvalue weighted by Gasteiger charge is 2.36. The third kappa shape index (κ3) is 4.92. The van der Waals surface area contributed by atoms with Crippen LogP contribution in [0.15, 0.2) is 21.5 Å². The molecule has 1 aliphatic heterocycles. The van der Waals surface area contributed by atoms with Crippen molar-refractivity contribution in [1.29, 1.82) is 0 Å². The molecule has 2 aliphatic rings. The molecule has 1 aromatic rings. The molecule has 0 N–H and O–H groups in total. The molecule has 7 heteroatoms. The summed E-state index contributed by atoms with van der Waals surface area (Å²) in [5.74, 6) is 1.55. The van der Waals surface area contributed by atoms with E-state index >= 15 is 0 Å². The Hall–Kier alpha value is -1.47. The molecular formula is C21H26BrNO4S. The number of hydrogen-bond donors (Lipinski definition) is 0. The summed E-state index contributed by atoms with van der Waals surface area (Å²) in [6, 6.07) is 3.68. The van der Waals surface area contributed by atoms with Gasteiger partial charge in [-0.25, -0.2) is 0 Å². The molecule has 0 bridgehead atoms. The van der Waals surface area contributed by atoms with Gasteiger partial charge in [0.1, 0.15) is 11.5 Å². The number of carbonyl (C=O) groups is 2. The lowest BCUT2D eigenvalue weighted by Gasteiger charge is -2.25. The van der Waals surface area contributed by atoms with Crippen LogP contribution in [0.5, 0.6) is 11.5 Å². The largest absolute Gasteiger partial charge is 0.493 e. The first-order chi connectivity index (χ1) is 13.5. The number of halogens is 1. The second-order valence-corrected chi connectivity index (χ2v) is 8.83. The van der Waals surface area contributed by atoms with Crippen LogP contribution >= 0.6 is 27.7 Å². The van der Waals surface area contributed by atoms with Gasteiger partial charge in [0, 0.05) is 18.2 Å². The lowest BCUT2D eigenvalue weighted by Crippen LogP contribution is -2.34. The molecule has 28 heavy (non-hydrogen) atoms. The van der Waals surface area contributed by atoms with Gasteiger partial charge in [0.2, 0.25) is 0 Å². The SMILES string of the molecule is CCOc1cc(OCC)c(/C=C2/SC(=O)N(CC3CCCCC3)C2=O)cc1Br. The fraction of sp³-hybridized carbons (Fsp3) is 0.524. The fourth-order valence-corrected chi connectivity index (χ4v) is 4.95. The molecule has 152 valence electrons. The number of imide groups is 1. The minimum atomic E-state index is -0.201. The van der Waals surface area contributed by atoms with Gasteiger partial charge in [0.05, 0.1) is 22.6 Å². The van der Waals surface area contributed by atoms with Crippen molar-refractivity contribution < 1.29 is 19.1 Å². The Morgan fingerprint density at radius 3 is 2.46 bits per heavy atom. The lowest BCUT2D eigenvalue weighted by molar-refractivity contribution is -0.123. The normalized spacial score (nSPS) is 19.5. The third-order valence-electron chi connectivity index (χ3n) is 4.99. The molecule has 0 unspecified atom stereocenters. The van der Waals surface area contributed by atoms with Crippen molar-refractivity contribution in [2.24, 2.45) is 5.92 Å². The molecule has 1 aromatic carbocycles. The minimum absolute atomic E-state index is 0.176. The van der Waals surface area contributed by atoms with Crippen LogP contribution in [0.4, 0.5) is 4.79 Å². The molecule has 1 heterocycles. The topological polar surface area (TPSA) is 55.8 Å². The van der Waals surface area contributed by atoms with Crippen molar-refractivity contribution in [2.75, 3.05) is 19.8 Å². The second kappa shape index (κ2) is 9.83. The molecule has 1 saturated carbocycles. The van der Waals surface area contributed by atoms with Crippen molar-refractivity contribution in [3.63, 3.8) is 0 Å². The summed E-state index contributed by atoms with van der Waals surface area (Å²) in [6.45, 7) is 5.40. The summed E-state index contributed by atoms with van der Waals surface area (Å²) in [6.07, 6.45) is 7.58. The van der Waals surface area contributed by atoms with Gasteiger partial charge in [-0.15, -0.1) is 0 Å². The Labute approximate surface area is 179 Å². The number of carbonyl (C=O) groups excluding carboxylic acids is 2. The predicted molar refractivity (Wildman–Crippen MR) is 116 cm³/mol. The maximum Gasteiger partial charge on any atom is 0.293 e. The number of amides is 2. The van der Waals surface area contributed by atoms with Crippen molar-refractivity contribution >= 4 is 44.9 Å². The van der Waals surface area contributed by atoms with Crippen LogP contribution in [0.25, 0.3) is 6.08 Å². The van der Waals surface area contributed by atoms with Gasteiger partial charge >= 0.3 is 0 Å². The lowest BCUT2D eigenvalue weighted by atomic mass is 9.89. The number of hydrogen-bond acceptors (Lipinski definition) is 5. The molecular weight excluding hydrogens is 442 g/mol. The quantitative estimate of drug-likeness (QED) is 0.469. The highest BCUT2D eigenvalue weighted by molar-refractivity contribution is 9.10. The van der Waals surface area contributed by atoms with Gasteiger partial charge < -0.3 is 9.47 Å². The maximum atomic E-state index is 12.9. The van der Waals surface area contributed by atoms with Crippen molar-refractivity contribution in [2.45, 2.75) is 46.0 Å². The predicted octanol–water partition coefficient (Wildman–Crippen LogP) is 5.86. The molecule has 0 atom stereocenters. The molecule has 2 amide bonds. The van der Waals surface area contributed by atoms with Crippen LogP contribution in [0.1, 0.15) is 51.5 Å². The molecule has 0 radical (unpaired) electrons. The van der Waals surface area contributed by atoms with E-state index in [0.717, 1.165) is 34.6 Å². The molecule has 0 spiro atoms. The van der Waals surface area contributed by atoms with Gasteiger partial charge in [-0.1, -0.05) is 19.3 Å². The number of ether oxygens (including phenoxy) is 2. The molecule has 5 nitrogen and oxygen atoms in total. The smallest absolute Gasteiger partial charge is 0.293 e. The van der Waals surface area contributed by atoms with Gasteiger partial charge in [-0.3, -0.25) is 14.5 Å². The average molecular weight is 468 g/mol. The van der Waals surface area contributed by atoms with E-state index in [2.05, 4.69) is 15.9 Å². The van der Waals surface area contributed by atoms with E-state index in [9.17, 15) is 9.59 Å². The Morgan fingerprint density at radius 2 is 1.79 bits per heavy atom. The van der Waals surface area contributed by atoms with Crippen LogP contribution in [-0.2, 0) is 4.79 Å². The van der Waals surface area contributed by atoms with Crippen molar-refractivity contribution in [3.05, 3.63) is 27.1 Å². The summed E-state index contributed by atoms with van der Waals surface area (Å²) in [5.41, 5.74) is 0.750. The van der Waals surface area contributed by atoms with Crippen molar-refractivity contribution in [3.8, 4) is 11.5 Å². The zero-order valence-electron chi connectivity index (χ0n) is 16.3. The van der Waals surface area contributed by atoms with Crippen LogP contribution in [-0.4, -0.2) is 35.8 Å². The van der Waals surface area contributed by atoms with E-state index < -0.39 is 0 Å². The van der Waals surface area contributed by atoms with E-state index in [4.69, 9.17) is 9.47 Å². The zero-order chi connectivity index (χ0) is 20.1. The van der Waals surface area contributed by atoms with E-state index in [0.29, 0.717) is 42.1 Å². The first kappa shape index (κ1) is 21.2. The number of thioether (sulfide) groups is 1. The number of benzene rings is 1. The molecule has 0 aromatic heterocycles. The summed E-state index contributed by atoms with van der Waals surface area (Å²) >= 11 is 4.52. The number of rotatable bonds is 7. The van der Waals surface area contributed by atoms with Gasteiger partial charge in [0.25, 0.3) is 11.1 Å². The van der Waals surface area contributed by atoms with Crippen LogP contribution in [0, 0.1) is 5.92 Å². The highest BCUT2D eigenvalue weighted by atomic mass is 79.9. The number of nitrogens with zero attached hydrogens (tertiary/aromatic N) is 1. The summed E-state index contributed by atoms with van der Waals surface area (Å²) in [7, 11) is 0. The van der Waals surface area contributed by atoms with E-state index in [1.165, 1.54) is 24.2 Å². The molecule has 1 aliphatic carbocycles. The fourth-order valence-electron chi connectivity index (χ4n) is 3.64. The maximum absolute atomic E-state index is 12.9. The Bertz CT molecular complexity index is 774. The zero-order valence-corrected chi connectivity index (χ0v) is 18.7. The molecule has 2 fully saturated rings. The van der Waals surface area contributed by atoms with Crippen LogP contribution in [0.3, 0.4) is 0 Å². The third-order valence-corrected chi connectivity index (χ3v) is 6.52. The van der Waals surface area contributed by atoms with E-state index in [-0.39, 0.29) is 11.1 Å². The first-order valence-corrected chi connectivity index (χ1v) is 11.5. The summed E-state index contributed by atoms with van der Waals surface area (Å²) < 4.78 is 12.1. The van der Waals surface area contributed by atoms with Crippen LogP contribution < -0.4 is 9.47 Å².